The van der Waals surface area contributed by atoms with E-state index in [1.165, 1.54) is 0 Å². The number of ether oxygens (including phenoxy) is 1. The molecule has 0 aromatic heterocycles. The number of hydrogen-bond acceptors (Lipinski definition) is 4. The Morgan fingerprint density at radius 1 is 1.13 bits per heavy atom. The lowest BCUT2D eigenvalue weighted by molar-refractivity contribution is 0.0312. The monoisotopic (exact) mass is 458 g/mol. The van der Waals surface area contributed by atoms with Gasteiger partial charge >= 0.3 is 0 Å². The van der Waals surface area contributed by atoms with Crippen molar-refractivity contribution in [3.8, 4) is 0 Å². The minimum atomic E-state index is -0.462. The molecule has 3 rings (SSSR count). The van der Waals surface area contributed by atoms with Crippen molar-refractivity contribution in [3.05, 3.63) is 95.8 Å². The molecule has 0 fully saturated rings. The first-order valence-corrected chi connectivity index (χ1v) is 11.3. The molecule has 0 saturated carbocycles. The molecule has 1 heterocycles. The van der Waals surface area contributed by atoms with Crippen LogP contribution in [-0.4, -0.2) is 40.4 Å². The molecule has 31 heavy (non-hydrogen) atoms. The molecule has 3 atom stereocenters. The van der Waals surface area contributed by atoms with Crippen LogP contribution in [0.1, 0.15) is 41.8 Å². The maximum absolute atomic E-state index is 13.2. The van der Waals surface area contributed by atoms with Gasteiger partial charge < -0.3 is 14.5 Å². The Labute approximate surface area is 194 Å². The highest BCUT2D eigenvalue weighted by atomic mass is 35.5. The van der Waals surface area contributed by atoms with Crippen LogP contribution in [0.5, 0.6) is 0 Å². The van der Waals surface area contributed by atoms with Crippen LogP contribution >= 0.6 is 23.2 Å². The minimum absolute atomic E-state index is 0.122. The van der Waals surface area contributed by atoms with Gasteiger partial charge in [-0.25, -0.2) is 0 Å². The zero-order valence-electron chi connectivity index (χ0n) is 17.7. The summed E-state index contributed by atoms with van der Waals surface area (Å²) in [4.78, 5) is 17.2. The first-order chi connectivity index (χ1) is 15.0. The Bertz CT molecular complexity index is 886. The Morgan fingerprint density at radius 3 is 2.45 bits per heavy atom. The zero-order valence-corrected chi connectivity index (χ0v) is 19.2. The van der Waals surface area contributed by atoms with Crippen molar-refractivity contribution in [1.29, 1.82) is 0 Å². The standard InChI is InChI=1S/C25H28Cl2N2O2/c1-3-8-22(23(30)19-9-6-5-7-10-19)28-15-16-29(18-28)25(27)24(31-17-4-2)20-11-13-21(26)14-12-20/h4-7,9-16,22,24-25H,2-3,8,17-18H2,1H3. The van der Waals surface area contributed by atoms with Crippen LogP contribution in [-0.2, 0) is 4.74 Å². The molecule has 0 radical (unpaired) electrons. The first kappa shape index (κ1) is 23.4. The largest absolute Gasteiger partial charge is 0.366 e. The Balaban J connectivity index is 1.74. The molecule has 0 saturated heterocycles. The minimum Gasteiger partial charge on any atom is -0.366 e. The number of Topliss-reactive ketones (excluding diaryl/α,β-unsaturated/α-hetero) is 1. The van der Waals surface area contributed by atoms with E-state index < -0.39 is 5.50 Å². The smallest absolute Gasteiger partial charge is 0.185 e. The maximum atomic E-state index is 13.2. The van der Waals surface area contributed by atoms with Gasteiger partial charge in [0.05, 0.1) is 19.3 Å². The molecule has 1 aliphatic heterocycles. The number of nitrogens with zero attached hydrogens (tertiary/aromatic N) is 2. The summed E-state index contributed by atoms with van der Waals surface area (Å²) in [6.45, 7) is 6.72. The molecule has 0 bridgehead atoms. The predicted octanol–water partition coefficient (Wildman–Crippen LogP) is 6.25. The van der Waals surface area contributed by atoms with Crippen LogP contribution < -0.4 is 0 Å². The number of rotatable bonds is 11. The summed E-state index contributed by atoms with van der Waals surface area (Å²) in [5.74, 6) is 0.122. The van der Waals surface area contributed by atoms with Gasteiger partial charge in [-0.2, -0.15) is 0 Å². The van der Waals surface area contributed by atoms with E-state index in [4.69, 9.17) is 27.9 Å². The molecule has 164 valence electrons. The summed E-state index contributed by atoms with van der Waals surface area (Å²) < 4.78 is 6.00. The molecular weight excluding hydrogens is 431 g/mol. The number of ketones is 1. The third-order valence-electron chi connectivity index (χ3n) is 5.26. The summed E-state index contributed by atoms with van der Waals surface area (Å²) in [5, 5.41) is 0.659. The molecule has 2 aromatic rings. The molecule has 3 unspecified atom stereocenters. The molecular formula is C25H28Cl2N2O2. The van der Waals surface area contributed by atoms with E-state index in [1.807, 2.05) is 71.9 Å². The number of hydrogen-bond donors (Lipinski definition) is 0. The third kappa shape index (κ3) is 5.91. The highest BCUT2D eigenvalue weighted by Gasteiger charge is 2.33. The van der Waals surface area contributed by atoms with Gasteiger partial charge in [-0.1, -0.05) is 85.1 Å². The molecule has 0 aliphatic carbocycles. The lowest BCUT2D eigenvalue weighted by Gasteiger charge is -2.33. The Morgan fingerprint density at radius 2 is 1.81 bits per heavy atom. The van der Waals surface area contributed by atoms with Crippen LogP contribution in [0.4, 0.5) is 0 Å². The maximum Gasteiger partial charge on any atom is 0.185 e. The van der Waals surface area contributed by atoms with E-state index in [9.17, 15) is 4.79 Å². The summed E-state index contributed by atoms with van der Waals surface area (Å²) in [5.41, 5.74) is 1.20. The number of benzene rings is 2. The van der Waals surface area contributed by atoms with Crippen LogP contribution in [0.2, 0.25) is 5.02 Å². The number of carbonyl (C=O) groups excluding carboxylic acids is 1. The van der Waals surface area contributed by atoms with Crippen molar-refractivity contribution in [1.82, 2.24) is 9.80 Å². The molecule has 4 nitrogen and oxygen atoms in total. The van der Waals surface area contributed by atoms with Gasteiger partial charge in [0.25, 0.3) is 0 Å². The van der Waals surface area contributed by atoms with Crippen LogP contribution in [0.15, 0.2) is 79.7 Å². The van der Waals surface area contributed by atoms with Gasteiger partial charge in [0.2, 0.25) is 0 Å². The number of alkyl halides is 1. The molecule has 6 heteroatoms. The highest BCUT2D eigenvalue weighted by Crippen LogP contribution is 2.31. The van der Waals surface area contributed by atoms with Gasteiger partial charge in [-0.05, 0) is 24.1 Å². The SMILES string of the molecule is C=CCOC(c1ccc(Cl)cc1)C(Cl)N1C=CN(C(CCC)C(=O)c2ccccc2)C1. The summed E-state index contributed by atoms with van der Waals surface area (Å²) in [6, 6.07) is 16.7. The Hall–Kier alpha value is -2.27. The molecule has 1 aliphatic rings. The van der Waals surface area contributed by atoms with Gasteiger partial charge in [0.1, 0.15) is 11.6 Å². The highest BCUT2D eigenvalue weighted by molar-refractivity contribution is 6.30. The van der Waals surface area contributed by atoms with Crippen LogP contribution in [0, 0.1) is 0 Å². The van der Waals surface area contributed by atoms with Gasteiger partial charge in [-0.3, -0.25) is 4.79 Å². The van der Waals surface area contributed by atoms with E-state index in [1.54, 1.807) is 6.08 Å². The van der Waals surface area contributed by atoms with E-state index >= 15 is 0 Å². The van der Waals surface area contributed by atoms with Crippen molar-refractivity contribution in [2.75, 3.05) is 13.3 Å². The van der Waals surface area contributed by atoms with E-state index in [0.29, 0.717) is 18.3 Å². The first-order valence-electron chi connectivity index (χ1n) is 10.5. The summed E-state index contributed by atoms with van der Waals surface area (Å²) >= 11 is 12.9. The Kier molecular flexibility index (Phi) is 8.59. The third-order valence-corrected chi connectivity index (χ3v) is 5.99. The summed E-state index contributed by atoms with van der Waals surface area (Å²) in [7, 11) is 0. The van der Waals surface area contributed by atoms with E-state index in [0.717, 1.165) is 24.0 Å². The lowest BCUT2D eigenvalue weighted by Crippen LogP contribution is -2.42. The van der Waals surface area contributed by atoms with Crippen LogP contribution in [0.3, 0.4) is 0 Å². The van der Waals surface area contributed by atoms with Crippen molar-refractivity contribution in [2.45, 2.75) is 37.4 Å². The zero-order chi connectivity index (χ0) is 22.2. The molecule has 0 amide bonds. The quantitative estimate of drug-likeness (QED) is 0.172. The number of halogens is 2. The fourth-order valence-electron chi connectivity index (χ4n) is 3.67. The summed E-state index contributed by atoms with van der Waals surface area (Å²) in [6.07, 6.45) is 6.88. The predicted molar refractivity (Wildman–Crippen MR) is 127 cm³/mol. The van der Waals surface area contributed by atoms with E-state index in [-0.39, 0.29) is 17.9 Å². The fraction of sp³-hybridized carbons (Fsp3) is 0.320. The fourth-order valence-corrected chi connectivity index (χ4v) is 4.14. The average molecular weight is 459 g/mol. The van der Waals surface area contributed by atoms with Gasteiger partial charge in [-0.15, -0.1) is 6.58 Å². The van der Waals surface area contributed by atoms with Crippen molar-refractivity contribution in [2.24, 2.45) is 0 Å². The van der Waals surface area contributed by atoms with Crippen molar-refractivity contribution >= 4 is 29.0 Å². The van der Waals surface area contributed by atoms with Crippen molar-refractivity contribution < 1.29 is 9.53 Å². The van der Waals surface area contributed by atoms with Crippen molar-refractivity contribution in [3.63, 3.8) is 0 Å². The average Bonchev–Trinajstić information content (AvgIpc) is 3.29. The number of carbonyl (C=O) groups is 1. The van der Waals surface area contributed by atoms with Gasteiger partial charge in [0.15, 0.2) is 5.78 Å². The second-order valence-corrected chi connectivity index (χ2v) is 8.35. The second kappa shape index (κ2) is 11.4. The van der Waals surface area contributed by atoms with Gasteiger partial charge in [0, 0.05) is 23.0 Å². The van der Waals surface area contributed by atoms with E-state index in [2.05, 4.69) is 18.4 Å². The second-order valence-electron chi connectivity index (χ2n) is 7.47. The molecule has 2 aromatic carbocycles. The normalized spacial score (nSPS) is 16.2. The molecule has 0 spiro atoms. The lowest BCUT2D eigenvalue weighted by atomic mass is 9.99. The molecule has 0 N–H and O–H groups in total. The van der Waals surface area contributed by atoms with Crippen LogP contribution in [0.25, 0.3) is 0 Å². The topological polar surface area (TPSA) is 32.8 Å².